The number of hydrogen-bond acceptors (Lipinski definition) is 4. The molecule has 1 aliphatic rings. The summed E-state index contributed by atoms with van der Waals surface area (Å²) in [5.74, 6) is 0.783. The molecule has 0 spiro atoms. The van der Waals surface area contributed by atoms with Gasteiger partial charge in [0.25, 0.3) is 5.56 Å². The quantitative estimate of drug-likeness (QED) is 0.933. The minimum atomic E-state index is -0.0214. The van der Waals surface area contributed by atoms with Crippen molar-refractivity contribution in [1.82, 2.24) is 9.55 Å². The fourth-order valence-electron chi connectivity index (χ4n) is 2.88. The molecule has 0 saturated carbocycles. The highest BCUT2D eigenvalue weighted by Gasteiger charge is 2.21. The summed E-state index contributed by atoms with van der Waals surface area (Å²) in [5, 5.41) is 9.95. The van der Waals surface area contributed by atoms with E-state index >= 15 is 0 Å². The van der Waals surface area contributed by atoms with Gasteiger partial charge in [-0.25, -0.2) is 4.98 Å². The molecule has 0 aromatic carbocycles. The third-order valence-corrected chi connectivity index (χ3v) is 4.98. The average molecular weight is 278 g/mol. The number of rotatable bonds is 3. The minimum absolute atomic E-state index is 0.0214. The van der Waals surface area contributed by atoms with Gasteiger partial charge >= 0.3 is 0 Å². The summed E-state index contributed by atoms with van der Waals surface area (Å²) in [7, 11) is 0. The first-order valence-electron chi connectivity index (χ1n) is 6.91. The van der Waals surface area contributed by atoms with Crippen LogP contribution in [0.2, 0.25) is 0 Å². The maximum atomic E-state index is 12.6. The van der Waals surface area contributed by atoms with Crippen LogP contribution in [0, 0.1) is 0 Å². The van der Waals surface area contributed by atoms with Crippen molar-refractivity contribution in [3.63, 3.8) is 0 Å². The summed E-state index contributed by atoms with van der Waals surface area (Å²) in [5.41, 5.74) is 1.26. The fraction of sp³-hybridized carbons (Fsp3) is 0.571. The van der Waals surface area contributed by atoms with Gasteiger partial charge in [-0.3, -0.25) is 9.36 Å². The van der Waals surface area contributed by atoms with Crippen molar-refractivity contribution in [3.8, 4) is 0 Å². The zero-order valence-electron chi connectivity index (χ0n) is 11.1. The van der Waals surface area contributed by atoms with Crippen molar-refractivity contribution in [3.05, 3.63) is 26.6 Å². The molecule has 2 heterocycles. The second kappa shape index (κ2) is 5.06. The first-order chi connectivity index (χ1) is 9.26. The average Bonchev–Trinajstić information content (AvgIpc) is 2.80. The van der Waals surface area contributed by atoms with Crippen LogP contribution in [-0.4, -0.2) is 21.3 Å². The Morgan fingerprint density at radius 1 is 1.37 bits per heavy atom. The fourth-order valence-corrected chi connectivity index (χ4v) is 4.15. The van der Waals surface area contributed by atoms with E-state index in [-0.39, 0.29) is 12.2 Å². The number of nitrogens with zero attached hydrogens (tertiary/aromatic N) is 2. The lowest BCUT2D eigenvalue weighted by Crippen LogP contribution is -2.26. The molecule has 2 aromatic heterocycles. The zero-order valence-corrected chi connectivity index (χ0v) is 11.9. The van der Waals surface area contributed by atoms with Gasteiger partial charge in [-0.1, -0.05) is 6.92 Å². The lowest BCUT2D eigenvalue weighted by molar-refractivity contribution is 0.272. The van der Waals surface area contributed by atoms with E-state index in [0.717, 1.165) is 35.3 Å². The normalized spacial score (nSPS) is 14.8. The van der Waals surface area contributed by atoms with E-state index in [0.29, 0.717) is 13.0 Å². The van der Waals surface area contributed by atoms with Crippen LogP contribution in [-0.2, 0) is 25.8 Å². The van der Waals surface area contributed by atoms with Gasteiger partial charge in [-0.05, 0) is 31.2 Å². The van der Waals surface area contributed by atoms with Crippen LogP contribution in [0.25, 0.3) is 10.2 Å². The van der Waals surface area contributed by atoms with Crippen molar-refractivity contribution < 1.29 is 5.11 Å². The monoisotopic (exact) mass is 278 g/mol. The molecule has 0 aliphatic heterocycles. The van der Waals surface area contributed by atoms with Gasteiger partial charge in [-0.15, -0.1) is 11.3 Å². The van der Waals surface area contributed by atoms with Gasteiger partial charge < -0.3 is 5.11 Å². The van der Waals surface area contributed by atoms with E-state index in [1.165, 1.54) is 16.9 Å². The molecule has 19 heavy (non-hydrogen) atoms. The van der Waals surface area contributed by atoms with Crippen LogP contribution in [0.15, 0.2) is 4.79 Å². The summed E-state index contributed by atoms with van der Waals surface area (Å²) in [4.78, 5) is 19.5. The Balaban J connectivity index is 2.31. The molecule has 0 unspecified atom stereocenters. The Hall–Kier alpha value is -1.20. The molecular formula is C14H18N2O2S. The highest BCUT2D eigenvalue weighted by molar-refractivity contribution is 7.18. The highest BCUT2D eigenvalue weighted by Crippen LogP contribution is 2.33. The standard InChI is InChI=1S/C14H18N2O2S/c1-2-11-15-13-12(14(18)16(11)7-8-17)9-5-3-4-6-10(9)19-13/h17H,2-8H2,1H3. The van der Waals surface area contributed by atoms with Gasteiger partial charge in [-0.2, -0.15) is 0 Å². The van der Waals surface area contributed by atoms with E-state index in [1.54, 1.807) is 15.9 Å². The molecule has 5 heteroatoms. The van der Waals surface area contributed by atoms with Crippen molar-refractivity contribution in [2.24, 2.45) is 0 Å². The van der Waals surface area contributed by atoms with Crippen molar-refractivity contribution in [1.29, 1.82) is 0 Å². The van der Waals surface area contributed by atoms with Gasteiger partial charge in [0, 0.05) is 11.3 Å². The third kappa shape index (κ3) is 2.01. The summed E-state index contributed by atoms with van der Waals surface area (Å²) in [6, 6.07) is 0. The number of hydrogen-bond donors (Lipinski definition) is 1. The Bertz CT molecular complexity index is 672. The van der Waals surface area contributed by atoms with E-state index in [4.69, 9.17) is 5.11 Å². The van der Waals surface area contributed by atoms with Crippen LogP contribution in [0.1, 0.15) is 36.0 Å². The number of aryl methyl sites for hydroxylation is 3. The van der Waals surface area contributed by atoms with Gasteiger partial charge in [0.05, 0.1) is 18.5 Å². The minimum Gasteiger partial charge on any atom is -0.395 e. The summed E-state index contributed by atoms with van der Waals surface area (Å²) >= 11 is 1.68. The highest BCUT2D eigenvalue weighted by atomic mass is 32.1. The maximum absolute atomic E-state index is 12.6. The summed E-state index contributed by atoms with van der Waals surface area (Å²) < 4.78 is 1.64. The SMILES string of the molecule is CCc1nc2sc3c(c2c(=O)n1CCO)CCCC3. The Morgan fingerprint density at radius 3 is 2.89 bits per heavy atom. The zero-order chi connectivity index (χ0) is 13.4. The van der Waals surface area contributed by atoms with Crippen molar-refractivity contribution in [2.75, 3.05) is 6.61 Å². The summed E-state index contributed by atoms with van der Waals surface area (Å²) in [6.07, 6.45) is 5.17. The second-order valence-corrected chi connectivity index (χ2v) is 6.04. The molecule has 4 nitrogen and oxygen atoms in total. The molecule has 102 valence electrons. The van der Waals surface area contributed by atoms with E-state index in [9.17, 15) is 4.79 Å². The van der Waals surface area contributed by atoms with Crippen LogP contribution in [0.3, 0.4) is 0 Å². The topological polar surface area (TPSA) is 55.1 Å². The predicted molar refractivity (Wildman–Crippen MR) is 77.0 cm³/mol. The summed E-state index contributed by atoms with van der Waals surface area (Å²) in [6.45, 7) is 2.32. The predicted octanol–water partition coefficient (Wildman–Crippen LogP) is 1.89. The number of aliphatic hydroxyl groups is 1. The number of fused-ring (bicyclic) bond motifs is 3. The lowest BCUT2D eigenvalue weighted by atomic mass is 9.97. The number of aliphatic hydroxyl groups excluding tert-OH is 1. The van der Waals surface area contributed by atoms with E-state index < -0.39 is 0 Å². The molecule has 0 bridgehead atoms. The van der Waals surface area contributed by atoms with E-state index in [1.807, 2.05) is 6.92 Å². The maximum Gasteiger partial charge on any atom is 0.262 e. The first kappa shape index (κ1) is 12.8. The van der Waals surface area contributed by atoms with Gasteiger partial charge in [0.2, 0.25) is 0 Å². The Labute approximate surface area is 115 Å². The molecule has 0 atom stereocenters. The third-order valence-electron chi connectivity index (χ3n) is 3.79. The van der Waals surface area contributed by atoms with Gasteiger partial charge in [0.1, 0.15) is 10.7 Å². The number of thiophene rings is 1. The Kier molecular flexibility index (Phi) is 3.41. The molecule has 2 aromatic rings. The van der Waals surface area contributed by atoms with Crippen molar-refractivity contribution >= 4 is 21.6 Å². The van der Waals surface area contributed by atoms with E-state index in [2.05, 4.69) is 4.98 Å². The molecule has 1 N–H and O–H groups in total. The Morgan fingerprint density at radius 2 is 2.16 bits per heavy atom. The molecule has 3 rings (SSSR count). The van der Waals surface area contributed by atoms with Crippen LogP contribution in [0.5, 0.6) is 0 Å². The largest absolute Gasteiger partial charge is 0.395 e. The van der Waals surface area contributed by atoms with Crippen molar-refractivity contribution in [2.45, 2.75) is 45.6 Å². The van der Waals surface area contributed by atoms with Crippen LogP contribution in [0.4, 0.5) is 0 Å². The van der Waals surface area contributed by atoms with Gasteiger partial charge in [0.15, 0.2) is 0 Å². The number of aromatic nitrogens is 2. The first-order valence-corrected chi connectivity index (χ1v) is 7.72. The molecular weight excluding hydrogens is 260 g/mol. The lowest BCUT2D eigenvalue weighted by Gasteiger charge is -2.12. The molecule has 0 radical (unpaired) electrons. The molecule has 1 aliphatic carbocycles. The molecule has 0 fully saturated rings. The molecule has 0 amide bonds. The van der Waals surface area contributed by atoms with Crippen LogP contribution < -0.4 is 5.56 Å². The second-order valence-electron chi connectivity index (χ2n) is 4.95. The smallest absolute Gasteiger partial charge is 0.262 e. The van der Waals surface area contributed by atoms with Crippen LogP contribution >= 0.6 is 11.3 Å². The molecule has 0 saturated heterocycles.